The Bertz CT molecular complexity index is 356. The molecule has 2 heterocycles. The number of nitrogens with one attached hydrogen (secondary N) is 1. The lowest BCUT2D eigenvalue weighted by Gasteiger charge is -2.22. The number of thioether (sulfide) groups is 1. The van der Waals surface area contributed by atoms with Crippen LogP contribution >= 0.6 is 23.3 Å². The minimum absolute atomic E-state index is 0.393. The molecule has 1 aromatic rings. The van der Waals surface area contributed by atoms with Gasteiger partial charge in [-0.2, -0.15) is 16.1 Å². The highest BCUT2D eigenvalue weighted by atomic mass is 32.2. The van der Waals surface area contributed by atoms with Crippen molar-refractivity contribution in [3.63, 3.8) is 0 Å². The lowest BCUT2D eigenvalue weighted by atomic mass is 10.1. The van der Waals surface area contributed by atoms with Gasteiger partial charge in [0, 0.05) is 29.2 Å². The second-order valence-corrected chi connectivity index (χ2v) is 7.80. The summed E-state index contributed by atoms with van der Waals surface area (Å²) in [4.78, 5) is 4.53. The van der Waals surface area contributed by atoms with Crippen LogP contribution in [-0.4, -0.2) is 26.4 Å². The normalized spacial score (nSPS) is 24.5. The van der Waals surface area contributed by atoms with E-state index in [9.17, 15) is 0 Å². The number of rotatable bonds is 5. The van der Waals surface area contributed by atoms with Crippen molar-refractivity contribution in [3.05, 3.63) is 5.82 Å². The van der Waals surface area contributed by atoms with Crippen LogP contribution < -0.4 is 5.32 Å². The van der Waals surface area contributed by atoms with Gasteiger partial charge in [-0.25, -0.2) is 4.98 Å². The van der Waals surface area contributed by atoms with E-state index in [1.165, 1.54) is 30.1 Å². The van der Waals surface area contributed by atoms with Crippen molar-refractivity contribution in [2.24, 2.45) is 5.92 Å². The molecule has 5 heteroatoms. The molecule has 1 atom stereocenters. The first-order valence-corrected chi connectivity index (χ1v) is 8.04. The van der Waals surface area contributed by atoms with Crippen LogP contribution in [0.4, 0.5) is 5.13 Å². The quantitative estimate of drug-likeness (QED) is 0.890. The second-order valence-electron chi connectivity index (χ2n) is 5.37. The highest BCUT2D eigenvalue weighted by molar-refractivity contribution is 8.00. The molecule has 0 aliphatic carbocycles. The first-order valence-electron chi connectivity index (χ1n) is 6.28. The summed E-state index contributed by atoms with van der Waals surface area (Å²) >= 11 is 3.57. The summed E-state index contributed by atoms with van der Waals surface area (Å²) in [5.74, 6) is 2.91. The summed E-state index contributed by atoms with van der Waals surface area (Å²) in [6.07, 6.45) is 3.63. The maximum atomic E-state index is 4.53. The minimum Gasteiger partial charge on any atom is -0.359 e. The van der Waals surface area contributed by atoms with Crippen molar-refractivity contribution >= 4 is 28.4 Å². The molecular weight excluding hydrogens is 250 g/mol. The summed E-state index contributed by atoms with van der Waals surface area (Å²) < 4.78 is 4.78. The summed E-state index contributed by atoms with van der Waals surface area (Å²) in [6.45, 7) is 7.75. The fourth-order valence-corrected chi connectivity index (χ4v) is 3.85. The van der Waals surface area contributed by atoms with E-state index in [2.05, 4.69) is 47.2 Å². The number of hydrogen-bond donors (Lipinski definition) is 1. The molecular formula is C12H21N3S2. The average molecular weight is 271 g/mol. The van der Waals surface area contributed by atoms with E-state index in [1.54, 1.807) is 0 Å². The van der Waals surface area contributed by atoms with E-state index < -0.39 is 0 Å². The molecule has 3 nitrogen and oxygen atoms in total. The van der Waals surface area contributed by atoms with Crippen LogP contribution in [0, 0.1) is 5.92 Å². The maximum absolute atomic E-state index is 4.53. The van der Waals surface area contributed by atoms with Gasteiger partial charge < -0.3 is 5.32 Å². The maximum Gasteiger partial charge on any atom is 0.202 e. The molecule has 1 aromatic heterocycles. The largest absolute Gasteiger partial charge is 0.359 e. The van der Waals surface area contributed by atoms with Crippen LogP contribution in [-0.2, 0) is 6.42 Å². The van der Waals surface area contributed by atoms with Crippen molar-refractivity contribution in [1.82, 2.24) is 9.36 Å². The fourth-order valence-electron chi connectivity index (χ4n) is 2.01. The van der Waals surface area contributed by atoms with Crippen molar-refractivity contribution in [2.45, 2.75) is 44.8 Å². The molecule has 1 N–H and O–H groups in total. The van der Waals surface area contributed by atoms with Gasteiger partial charge in [-0.1, -0.05) is 13.8 Å². The smallest absolute Gasteiger partial charge is 0.202 e. The average Bonchev–Trinajstić information content (AvgIpc) is 2.85. The van der Waals surface area contributed by atoms with Gasteiger partial charge in [0.05, 0.1) is 0 Å². The lowest BCUT2D eigenvalue weighted by molar-refractivity contribution is 0.624. The summed E-state index contributed by atoms with van der Waals surface area (Å²) in [7, 11) is 0. The van der Waals surface area contributed by atoms with Gasteiger partial charge >= 0.3 is 0 Å². The Hall–Kier alpha value is -0.290. The van der Waals surface area contributed by atoms with Crippen LogP contribution in [0.5, 0.6) is 0 Å². The molecule has 17 heavy (non-hydrogen) atoms. The first kappa shape index (κ1) is 13.1. The van der Waals surface area contributed by atoms with E-state index in [1.807, 2.05) is 0 Å². The molecule has 1 fully saturated rings. The van der Waals surface area contributed by atoms with Crippen molar-refractivity contribution in [2.75, 3.05) is 17.6 Å². The van der Waals surface area contributed by atoms with Crippen LogP contribution in [0.2, 0.25) is 0 Å². The lowest BCUT2D eigenvalue weighted by Crippen LogP contribution is -2.26. The Morgan fingerprint density at radius 2 is 2.29 bits per heavy atom. The third-order valence-corrected chi connectivity index (χ3v) is 5.22. The second kappa shape index (κ2) is 5.57. The monoisotopic (exact) mass is 271 g/mol. The standard InChI is InChI=1S/C12H21N3S2/c1-9(2)7-10-14-11(17-15-10)13-8-12(3)5-4-6-16-12/h9H,4-8H2,1-3H3,(H,13,14,15). The molecule has 1 saturated heterocycles. The molecule has 0 bridgehead atoms. The SMILES string of the molecule is CC(C)Cc1nsc(NCC2(C)CCCS2)n1. The van der Waals surface area contributed by atoms with E-state index in [-0.39, 0.29) is 0 Å². The molecule has 0 amide bonds. The van der Waals surface area contributed by atoms with E-state index in [0.29, 0.717) is 10.7 Å². The molecule has 1 aliphatic heterocycles. The Labute approximate surface area is 112 Å². The third kappa shape index (κ3) is 3.85. The van der Waals surface area contributed by atoms with E-state index in [4.69, 9.17) is 0 Å². The predicted octanol–water partition coefficient (Wildman–Crippen LogP) is 3.43. The fraction of sp³-hybridized carbons (Fsp3) is 0.833. The van der Waals surface area contributed by atoms with Crippen LogP contribution in [0.15, 0.2) is 0 Å². The zero-order valence-electron chi connectivity index (χ0n) is 10.8. The van der Waals surface area contributed by atoms with Gasteiger partial charge in [0.25, 0.3) is 0 Å². The Kier molecular flexibility index (Phi) is 4.31. The van der Waals surface area contributed by atoms with Crippen molar-refractivity contribution < 1.29 is 0 Å². The highest BCUT2D eigenvalue weighted by Crippen LogP contribution is 2.37. The molecule has 96 valence electrons. The van der Waals surface area contributed by atoms with Gasteiger partial charge in [0.15, 0.2) is 0 Å². The van der Waals surface area contributed by atoms with Gasteiger partial charge in [-0.3, -0.25) is 0 Å². The summed E-state index contributed by atoms with van der Waals surface area (Å²) in [5.41, 5.74) is 0. The van der Waals surface area contributed by atoms with Crippen LogP contribution in [0.1, 0.15) is 39.4 Å². The Morgan fingerprint density at radius 3 is 2.94 bits per heavy atom. The summed E-state index contributed by atoms with van der Waals surface area (Å²) in [5, 5.41) is 4.43. The van der Waals surface area contributed by atoms with Gasteiger partial charge in [0.1, 0.15) is 5.82 Å². The topological polar surface area (TPSA) is 37.8 Å². The highest BCUT2D eigenvalue weighted by Gasteiger charge is 2.29. The van der Waals surface area contributed by atoms with Gasteiger partial charge in [-0.05, 0) is 31.4 Å². The Balaban J connectivity index is 1.84. The van der Waals surface area contributed by atoms with Crippen molar-refractivity contribution in [1.29, 1.82) is 0 Å². The molecule has 0 aromatic carbocycles. The number of aromatic nitrogens is 2. The minimum atomic E-state index is 0.393. The molecule has 0 radical (unpaired) electrons. The van der Waals surface area contributed by atoms with E-state index >= 15 is 0 Å². The van der Waals surface area contributed by atoms with Crippen molar-refractivity contribution in [3.8, 4) is 0 Å². The van der Waals surface area contributed by atoms with E-state index in [0.717, 1.165) is 23.9 Å². The number of hydrogen-bond acceptors (Lipinski definition) is 5. The molecule has 2 rings (SSSR count). The molecule has 1 aliphatic rings. The Morgan fingerprint density at radius 1 is 1.47 bits per heavy atom. The summed E-state index contributed by atoms with van der Waals surface area (Å²) in [6, 6.07) is 0. The molecule has 1 unspecified atom stereocenters. The zero-order valence-corrected chi connectivity index (χ0v) is 12.5. The number of nitrogens with zero attached hydrogens (tertiary/aromatic N) is 2. The molecule has 0 spiro atoms. The predicted molar refractivity (Wildman–Crippen MR) is 77.0 cm³/mol. The van der Waals surface area contributed by atoms with Gasteiger partial charge in [0.2, 0.25) is 5.13 Å². The van der Waals surface area contributed by atoms with Crippen LogP contribution in [0.3, 0.4) is 0 Å². The van der Waals surface area contributed by atoms with Gasteiger partial charge in [-0.15, -0.1) is 0 Å². The zero-order chi connectivity index (χ0) is 12.3. The van der Waals surface area contributed by atoms with Crippen LogP contribution in [0.25, 0.3) is 0 Å². The first-order chi connectivity index (χ1) is 8.07. The third-order valence-electron chi connectivity index (χ3n) is 2.97. The molecule has 0 saturated carbocycles. The number of anilines is 1.